The molecular formula is C22H19N3O2. The number of anilines is 1. The monoisotopic (exact) mass is 357 g/mol. The second-order valence-electron chi connectivity index (χ2n) is 6.47. The van der Waals surface area contributed by atoms with Crippen molar-refractivity contribution in [1.29, 1.82) is 0 Å². The van der Waals surface area contributed by atoms with Crippen molar-refractivity contribution in [2.24, 2.45) is 0 Å². The minimum Gasteiger partial charge on any atom is -0.434 e. The number of rotatable bonds is 4. The predicted molar refractivity (Wildman–Crippen MR) is 105 cm³/mol. The van der Waals surface area contributed by atoms with E-state index in [1.54, 1.807) is 6.20 Å². The molecule has 4 rings (SSSR count). The van der Waals surface area contributed by atoms with Crippen LogP contribution in [0.15, 0.2) is 65.2 Å². The third-order valence-electron chi connectivity index (χ3n) is 4.62. The van der Waals surface area contributed by atoms with Crippen LogP contribution in [-0.2, 0) is 11.2 Å². The van der Waals surface area contributed by atoms with Crippen LogP contribution in [0, 0.1) is 13.8 Å². The SMILES string of the molecule is Cc1ccccc1CC(=O)Nc1cccc(-c2nc3ncccc3o2)c1C. The maximum Gasteiger partial charge on any atom is 0.229 e. The van der Waals surface area contributed by atoms with Gasteiger partial charge in [0.2, 0.25) is 11.8 Å². The Labute approximate surface area is 157 Å². The summed E-state index contributed by atoms with van der Waals surface area (Å²) in [7, 11) is 0. The Morgan fingerprint density at radius 3 is 2.70 bits per heavy atom. The van der Waals surface area contributed by atoms with Gasteiger partial charge in [0, 0.05) is 17.4 Å². The third-order valence-corrected chi connectivity index (χ3v) is 4.62. The van der Waals surface area contributed by atoms with Gasteiger partial charge in [0.05, 0.1) is 6.42 Å². The van der Waals surface area contributed by atoms with Crippen molar-refractivity contribution < 1.29 is 9.21 Å². The summed E-state index contributed by atoms with van der Waals surface area (Å²) < 4.78 is 5.82. The summed E-state index contributed by atoms with van der Waals surface area (Å²) in [4.78, 5) is 21.2. The van der Waals surface area contributed by atoms with E-state index in [2.05, 4.69) is 15.3 Å². The van der Waals surface area contributed by atoms with Crippen molar-refractivity contribution >= 4 is 22.8 Å². The Bertz CT molecular complexity index is 1100. The molecule has 1 N–H and O–H groups in total. The van der Waals surface area contributed by atoms with E-state index >= 15 is 0 Å². The summed E-state index contributed by atoms with van der Waals surface area (Å²) in [6.07, 6.45) is 2.02. The zero-order valence-corrected chi connectivity index (χ0v) is 15.2. The Kier molecular flexibility index (Phi) is 4.42. The lowest BCUT2D eigenvalue weighted by Gasteiger charge is -2.11. The van der Waals surface area contributed by atoms with Gasteiger partial charge in [0.25, 0.3) is 0 Å². The molecule has 0 bridgehead atoms. The first-order valence-electron chi connectivity index (χ1n) is 8.78. The highest BCUT2D eigenvalue weighted by atomic mass is 16.3. The molecule has 0 unspecified atom stereocenters. The van der Waals surface area contributed by atoms with E-state index in [1.165, 1.54) is 0 Å². The van der Waals surface area contributed by atoms with Crippen LogP contribution in [0.3, 0.4) is 0 Å². The van der Waals surface area contributed by atoms with Crippen molar-refractivity contribution in [3.63, 3.8) is 0 Å². The first kappa shape index (κ1) is 17.0. The van der Waals surface area contributed by atoms with Gasteiger partial charge in [-0.05, 0) is 54.8 Å². The number of nitrogens with zero attached hydrogens (tertiary/aromatic N) is 2. The number of fused-ring (bicyclic) bond motifs is 1. The third kappa shape index (κ3) is 3.44. The summed E-state index contributed by atoms with van der Waals surface area (Å²) >= 11 is 0. The molecule has 0 aliphatic carbocycles. The van der Waals surface area contributed by atoms with Gasteiger partial charge in [0.15, 0.2) is 11.2 Å². The van der Waals surface area contributed by atoms with Crippen molar-refractivity contribution in [2.75, 3.05) is 5.32 Å². The molecule has 2 aromatic heterocycles. The number of nitrogens with one attached hydrogen (secondary N) is 1. The fourth-order valence-corrected chi connectivity index (χ4v) is 3.06. The first-order valence-corrected chi connectivity index (χ1v) is 8.78. The minimum atomic E-state index is -0.0521. The summed E-state index contributed by atoms with van der Waals surface area (Å²) in [6, 6.07) is 17.2. The van der Waals surface area contributed by atoms with Gasteiger partial charge in [0.1, 0.15) is 0 Å². The van der Waals surface area contributed by atoms with Gasteiger partial charge < -0.3 is 9.73 Å². The molecule has 5 nitrogen and oxygen atoms in total. The second-order valence-corrected chi connectivity index (χ2v) is 6.47. The summed E-state index contributed by atoms with van der Waals surface area (Å²) in [5, 5.41) is 3.01. The van der Waals surface area contributed by atoms with Gasteiger partial charge in [-0.2, -0.15) is 4.98 Å². The van der Waals surface area contributed by atoms with Crippen LogP contribution in [0.1, 0.15) is 16.7 Å². The number of hydrogen-bond donors (Lipinski definition) is 1. The van der Waals surface area contributed by atoms with E-state index in [1.807, 2.05) is 68.4 Å². The van der Waals surface area contributed by atoms with E-state index in [4.69, 9.17) is 4.42 Å². The molecule has 0 aliphatic rings. The van der Waals surface area contributed by atoms with E-state index in [0.717, 1.165) is 27.9 Å². The van der Waals surface area contributed by atoms with Crippen LogP contribution >= 0.6 is 0 Å². The maximum atomic E-state index is 12.5. The zero-order valence-electron chi connectivity index (χ0n) is 15.2. The molecular weight excluding hydrogens is 338 g/mol. The predicted octanol–water partition coefficient (Wildman–Crippen LogP) is 4.69. The molecule has 134 valence electrons. The van der Waals surface area contributed by atoms with E-state index in [9.17, 15) is 4.79 Å². The number of carbonyl (C=O) groups is 1. The number of benzene rings is 2. The average molecular weight is 357 g/mol. The van der Waals surface area contributed by atoms with Gasteiger partial charge in [-0.15, -0.1) is 0 Å². The molecule has 4 aromatic rings. The summed E-state index contributed by atoms with van der Waals surface area (Å²) in [5.74, 6) is 0.444. The number of aromatic nitrogens is 2. The molecule has 2 aromatic carbocycles. The Morgan fingerprint density at radius 1 is 1.04 bits per heavy atom. The van der Waals surface area contributed by atoms with Crippen molar-refractivity contribution in [2.45, 2.75) is 20.3 Å². The Hall–Kier alpha value is -3.47. The van der Waals surface area contributed by atoms with Gasteiger partial charge >= 0.3 is 0 Å². The minimum absolute atomic E-state index is 0.0521. The lowest BCUT2D eigenvalue weighted by molar-refractivity contribution is -0.115. The maximum absolute atomic E-state index is 12.5. The van der Waals surface area contributed by atoms with Gasteiger partial charge in [-0.1, -0.05) is 30.3 Å². The molecule has 0 fully saturated rings. The smallest absolute Gasteiger partial charge is 0.229 e. The molecule has 0 spiro atoms. The highest BCUT2D eigenvalue weighted by Crippen LogP contribution is 2.30. The van der Waals surface area contributed by atoms with Crippen LogP contribution in [0.2, 0.25) is 0 Å². The highest BCUT2D eigenvalue weighted by Gasteiger charge is 2.14. The number of carbonyl (C=O) groups excluding carboxylic acids is 1. The van der Waals surface area contributed by atoms with E-state index < -0.39 is 0 Å². The molecule has 0 aliphatic heterocycles. The normalized spacial score (nSPS) is 10.9. The first-order chi connectivity index (χ1) is 13.1. The van der Waals surface area contributed by atoms with E-state index in [0.29, 0.717) is 23.5 Å². The largest absolute Gasteiger partial charge is 0.434 e. The molecule has 0 radical (unpaired) electrons. The Morgan fingerprint density at radius 2 is 1.89 bits per heavy atom. The van der Waals surface area contributed by atoms with E-state index in [-0.39, 0.29) is 5.91 Å². The van der Waals surface area contributed by atoms with Crippen molar-refractivity contribution in [1.82, 2.24) is 9.97 Å². The number of pyridine rings is 1. The summed E-state index contributed by atoms with van der Waals surface area (Å²) in [6.45, 7) is 3.96. The van der Waals surface area contributed by atoms with Crippen molar-refractivity contribution in [3.05, 3.63) is 77.5 Å². The standard InChI is InChI=1S/C22H19N3O2/c1-14-7-3-4-8-16(14)13-20(26)24-18-10-5-9-17(15(18)2)22-25-21-19(27-22)11-6-12-23-21/h3-12H,13H2,1-2H3,(H,24,26). The average Bonchev–Trinajstić information content (AvgIpc) is 3.09. The molecule has 0 atom stereocenters. The van der Waals surface area contributed by atoms with Crippen LogP contribution in [0.25, 0.3) is 22.7 Å². The van der Waals surface area contributed by atoms with Crippen LogP contribution < -0.4 is 5.32 Å². The highest BCUT2D eigenvalue weighted by molar-refractivity contribution is 5.94. The van der Waals surface area contributed by atoms with Crippen LogP contribution in [0.4, 0.5) is 5.69 Å². The number of hydrogen-bond acceptors (Lipinski definition) is 4. The molecule has 5 heteroatoms. The lowest BCUT2D eigenvalue weighted by atomic mass is 10.0. The summed E-state index contributed by atoms with van der Waals surface area (Å²) in [5.41, 5.74) is 5.83. The fraction of sp³-hybridized carbons (Fsp3) is 0.136. The topological polar surface area (TPSA) is 68.0 Å². The molecule has 2 heterocycles. The Balaban J connectivity index is 1.60. The molecule has 0 saturated heterocycles. The van der Waals surface area contributed by atoms with Crippen molar-refractivity contribution in [3.8, 4) is 11.5 Å². The molecule has 1 amide bonds. The van der Waals surface area contributed by atoms with Gasteiger partial charge in [-0.25, -0.2) is 4.98 Å². The zero-order chi connectivity index (χ0) is 18.8. The second kappa shape index (κ2) is 7.03. The molecule has 27 heavy (non-hydrogen) atoms. The number of oxazole rings is 1. The lowest BCUT2D eigenvalue weighted by Crippen LogP contribution is -2.16. The number of amides is 1. The van der Waals surface area contributed by atoms with Crippen LogP contribution in [-0.4, -0.2) is 15.9 Å². The molecule has 0 saturated carbocycles. The van der Waals surface area contributed by atoms with Gasteiger partial charge in [-0.3, -0.25) is 4.79 Å². The number of aryl methyl sites for hydroxylation is 1. The van der Waals surface area contributed by atoms with Crippen LogP contribution in [0.5, 0.6) is 0 Å². The fourth-order valence-electron chi connectivity index (χ4n) is 3.06. The quantitative estimate of drug-likeness (QED) is 0.575.